The summed E-state index contributed by atoms with van der Waals surface area (Å²) in [7, 11) is 0. The van der Waals surface area contributed by atoms with E-state index in [1.54, 1.807) is 0 Å². The zero-order valence-corrected chi connectivity index (χ0v) is 13.3. The largest absolute Gasteiger partial charge is 0.307 e. The molecule has 25 heavy (non-hydrogen) atoms. The molecule has 0 saturated heterocycles. The Hall–Kier alpha value is -3.46. The maximum absolute atomic E-state index is 4.70. The zero-order valence-electron chi connectivity index (χ0n) is 13.3. The number of hydrogen-bond donors (Lipinski definition) is 0. The van der Waals surface area contributed by atoms with Crippen LogP contribution in [0.3, 0.4) is 0 Å². The van der Waals surface area contributed by atoms with E-state index in [4.69, 9.17) is 4.98 Å². The topological polar surface area (TPSA) is 30.2 Å². The van der Waals surface area contributed by atoms with Crippen LogP contribution >= 0.6 is 0 Å². The lowest BCUT2D eigenvalue weighted by Gasteiger charge is -2.10. The maximum Gasteiger partial charge on any atom is 0.0949 e. The summed E-state index contributed by atoms with van der Waals surface area (Å²) in [6, 6.07) is 21.5. The Bertz CT molecular complexity index is 1440. The van der Waals surface area contributed by atoms with E-state index in [-0.39, 0.29) is 0 Å². The molecule has 0 aliphatic heterocycles. The molecule has 0 amide bonds. The molecular formula is C22H13N3. The molecule has 0 saturated carbocycles. The van der Waals surface area contributed by atoms with E-state index in [1.165, 1.54) is 32.6 Å². The second-order valence-corrected chi connectivity index (χ2v) is 6.42. The molecule has 3 nitrogen and oxygen atoms in total. The van der Waals surface area contributed by atoms with Crippen molar-refractivity contribution in [2.75, 3.05) is 0 Å². The van der Waals surface area contributed by atoms with Crippen LogP contribution in [0.5, 0.6) is 0 Å². The van der Waals surface area contributed by atoms with Gasteiger partial charge in [0.2, 0.25) is 0 Å². The molecule has 6 rings (SSSR count). The normalized spacial score (nSPS) is 12.0. The lowest BCUT2D eigenvalue weighted by molar-refractivity contribution is 1.32. The van der Waals surface area contributed by atoms with E-state index in [0.29, 0.717) is 0 Å². The van der Waals surface area contributed by atoms with Gasteiger partial charge in [0.1, 0.15) is 0 Å². The molecular weight excluding hydrogens is 306 g/mol. The summed E-state index contributed by atoms with van der Waals surface area (Å²) in [5, 5.41) is 5.98. The molecule has 0 aliphatic rings. The average Bonchev–Trinajstić information content (AvgIpc) is 3.07. The highest BCUT2D eigenvalue weighted by atomic mass is 14.9. The van der Waals surface area contributed by atoms with Crippen molar-refractivity contribution in [3.8, 4) is 0 Å². The predicted octanol–water partition coefficient (Wildman–Crippen LogP) is 5.34. The predicted molar refractivity (Wildman–Crippen MR) is 103 cm³/mol. The SMILES string of the molecule is c1ccc2c(c1)cc1c3ncccc3c3cc4ccncc4cc3n21. The van der Waals surface area contributed by atoms with Crippen molar-refractivity contribution in [3.63, 3.8) is 0 Å². The first-order valence-corrected chi connectivity index (χ1v) is 8.34. The molecule has 2 aromatic carbocycles. The fourth-order valence-corrected chi connectivity index (χ4v) is 3.94. The van der Waals surface area contributed by atoms with Crippen molar-refractivity contribution >= 4 is 49.0 Å². The minimum atomic E-state index is 1.04. The summed E-state index contributed by atoms with van der Waals surface area (Å²) in [6.45, 7) is 0. The molecule has 116 valence electrons. The molecule has 0 N–H and O–H groups in total. The van der Waals surface area contributed by atoms with E-state index in [0.717, 1.165) is 16.4 Å². The molecule has 0 unspecified atom stereocenters. The Kier molecular flexibility index (Phi) is 2.35. The van der Waals surface area contributed by atoms with Crippen LogP contribution in [-0.4, -0.2) is 14.4 Å². The van der Waals surface area contributed by atoms with Crippen LogP contribution in [0.1, 0.15) is 0 Å². The van der Waals surface area contributed by atoms with E-state index in [2.05, 4.69) is 64.0 Å². The lowest BCUT2D eigenvalue weighted by atomic mass is 10.0. The minimum absolute atomic E-state index is 1.04. The number of benzene rings is 2. The molecule has 0 bridgehead atoms. The molecule has 0 aliphatic carbocycles. The standard InChI is InChI=1S/C22H13N3/c1-2-6-19-15(4-1)11-21-22-17(5-3-8-24-22)18-10-14-7-9-23-13-16(14)12-20(18)25(19)21/h1-13H. The van der Waals surface area contributed by atoms with Crippen molar-refractivity contribution in [1.29, 1.82) is 0 Å². The Labute approximate surface area is 143 Å². The van der Waals surface area contributed by atoms with Gasteiger partial charge in [0, 0.05) is 40.1 Å². The first-order chi connectivity index (χ1) is 12.4. The highest BCUT2D eigenvalue weighted by Crippen LogP contribution is 2.34. The van der Waals surface area contributed by atoms with E-state index < -0.39 is 0 Å². The van der Waals surface area contributed by atoms with Crippen LogP contribution in [0.25, 0.3) is 49.0 Å². The fraction of sp³-hybridized carbons (Fsp3) is 0. The number of hydrogen-bond acceptors (Lipinski definition) is 2. The zero-order chi connectivity index (χ0) is 16.4. The summed E-state index contributed by atoms with van der Waals surface area (Å²) in [6.07, 6.45) is 5.65. The van der Waals surface area contributed by atoms with E-state index in [1.807, 2.05) is 24.7 Å². The second-order valence-electron chi connectivity index (χ2n) is 6.42. The highest BCUT2D eigenvalue weighted by molar-refractivity contribution is 6.16. The Morgan fingerprint density at radius 2 is 1.56 bits per heavy atom. The third-order valence-corrected chi connectivity index (χ3v) is 5.05. The van der Waals surface area contributed by atoms with Gasteiger partial charge in [0.05, 0.1) is 22.1 Å². The van der Waals surface area contributed by atoms with Crippen LogP contribution in [0.4, 0.5) is 0 Å². The summed E-state index contributed by atoms with van der Waals surface area (Å²) in [5.74, 6) is 0. The third kappa shape index (κ3) is 1.64. The Balaban J connectivity index is 2.03. The summed E-state index contributed by atoms with van der Waals surface area (Å²) in [5.41, 5.74) is 4.59. The number of para-hydroxylation sites is 1. The van der Waals surface area contributed by atoms with Gasteiger partial charge in [-0.3, -0.25) is 9.97 Å². The summed E-state index contributed by atoms with van der Waals surface area (Å²) >= 11 is 0. The van der Waals surface area contributed by atoms with Gasteiger partial charge in [0.15, 0.2) is 0 Å². The minimum Gasteiger partial charge on any atom is -0.307 e. The van der Waals surface area contributed by atoms with Crippen LogP contribution in [0.15, 0.2) is 79.3 Å². The molecule has 6 aromatic rings. The lowest BCUT2D eigenvalue weighted by Crippen LogP contribution is -1.92. The van der Waals surface area contributed by atoms with Gasteiger partial charge in [0.25, 0.3) is 0 Å². The van der Waals surface area contributed by atoms with Gasteiger partial charge >= 0.3 is 0 Å². The van der Waals surface area contributed by atoms with E-state index in [9.17, 15) is 0 Å². The van der Waals surface area contributed by atoms with Crippen molar-refractivity contribution in [2.45, 2.75) is 0 Å². The number of nitrogens with zero attached hydrogens (tertiary/aromatic N) is 3. The van der Waals surface area contributed by atoms with Crippen molar-refractivity contribution < 1.29 is 0 Å². The maximum atomic E-state index is 4.70. The quantitative estimate of drug-likeness (QED) is 0.279. The van der Waals surface area contributed by atoms with E-state index >= 15 is 0 Å². The first kappa shape index (κ1) is 12.9. The second kappa shape index (κ2) is 4.54. The van der Waals surface area contributed by atoms with Gasteiger partial charge in [-0.05, 0) is 41.8 Å². The molecule has 3 heteroatoms. The smallest absolute Gasteiger partial charge is 0.0949 e. The molecule has 0 radical (unpaired) electrons. The first-order valence-electron chi connectivity index (χ1n) is 8.34. The summed E-state index contributed by atoms with van der Waals surface area (Å²) in [4.78, 5) is 8.99. The molecule has 4 heterocycles. The average molecular weight is 319 g/mol. The number of fused-ring (bicyclic) bond motifs is 9. The van der Waals surface area contributed by atoms with Gasteiger partial charge in [-0.25, -0.2) is 0 Å². The Morgan fingerprint density at radius 1 is 0.640 bits per heavy atom. The number of aromatic nitrogens is 3. The van der Waals surface area contributed by atoms with Gasteiger partial charge < -0.3 is 4.40 Å². The molecule has 4 aromatic heterocycles. The van der Waals surface area contributed by atoms with Crippen LogP contribution in [-0.2, 0) is 0 Å². The highest BCUT2D eigenvalue weighted by Gasteiger charge is 2.13. The monoisotopic (exact) mass is 319 g/mol. The number of pyridine rings is 3. The third-order valence-electron chi connectivity index (χ3n) is 5.05. The van der Waals surface area contributed by atoms with Crippen LogP contribution in [0, 0.1) is 0 Å². The summed E-state index contributed by atoms with van der Waals surface area (Å²) < 4.78 is 2.33. The van der Waals surface area contributed by atoms with Crippen LogP contribution < -0.4 is 0 Å². The van der Waals surface area contributed by atoms with Crippen LogP contribution in [0.2, 0.25) is 0 Å². The van der Waals surface area contributed by atoms with Crippen molar-refractivity contribution in [1.82, 2.24) is 14.4 Å². The molecule has 0 spiro atoms. The van der Waals surface area contributed by atoms with Gasteiger partial charge in [-0.1, -0.05) is 24.3 Å². The molecule has 0 atom stereocenters. The van der Waals surface area contributed by atoms with Gasteiger partial charge in [-0.2, -0.15) is 0 Å². The van der Waals surface area contributed by atoms with Crippen molar-refractivity contribution in [3.05, 3.63) is 79.3 Å². The number of rotatable bonds is 0. The Morgan fingerprint density at radius 3 is 2.56 bits per heavy atom. The van der Waals surface area contributed by atoms with Gasteiger partial charge in [-0.15, -0.1) is 0 Å². The van der Waals surface area contributed by atoms with Crippen molar-refractivity contribution in [2.24, 2.45) is 0 Å². The molecule has 0 fully saturated rings. The fourth-order valence-electron chi connectivity index (χ4n) is 3.94.